The fourth-order valence-corrected chi connectivity index (χ4v) is 12.6. The molecule has 6 aliphatic rings. The van der Waals surface area contributed by atoms with Gasteiger partial charge < -0.3 is 29.4 Å². The molecule has 2 spiro atoms. The van der Waals surface area contributed by atoms with E-state index in [9.17, 15) is 44.8 Å². The van der Waals surface area contributed by atoms with Gasteiger partial charge in [-0.05, 0) is 72.5 Å². The molecule has 4 fully saturated rings. The van der Waals surface area contributed by atoms with Gasteiger partial charge in [-0.25, -0.2) is 35.2 Å². The molecule has 6 aliphatic heterocycles. The maximum absolute atomic E-state index is 14.4. The van der Waals surface area contributed by atoms with Crippen molar-refractivity contribution in [2.45, 2.75) is 49.1 Å². The molecule has 0 aliphatic carbocycles. The number of halogens is 2. The summed E-state index contributed by atoms with van der Waals surface area (Å²) in [6.07, 6.45) is 0.558. The number of imide groups is 1. The van der Waals surface area contributed by atoms with E-state index >= 15 is 0 Å². The zero-order valence-electron chi connectivity index (χ0n) is 35.1. The first kappa shape index (κ1) is 45.9. The number of ether oxygens (including phenoxy) is 5. The van der Waals surface area contributed by atoms with Crippen molar-refractivity contribution < 1.29 is 68.5 Å². The molecule has 0 radical (unpaired) electrons. The Balaban J connectivity index is 0.000000149. The lowest BCUT2D eigenvalue weighted by atomic mass is 9.84. The minimum atomic E-state index is -3.68. The van der Waals surface area contributed by atoms with Crippen molar-refractivity contribution in [3.8, 4) is 11.5 Å². The van der Waals surface area contributed by atoms with E-state index in [2.05, 4.69) is 4.74 Å². The van der Waals surface area contributed by atoms with Gasteiger partial charge in [0.25, 0.3) is 11.8 Å². The van der Waals surface area contributed by atoms with Crippen LogP contribution in [-0.2, 0) is 47.3 Å². The first-order valence-electron chi connectivity index (χ1n) is 20.4. The van der Waals surface area contributed by atoms with E-state index in [0.29, 0.717) is 31.9 Å². The number of nitrogens with two attached hydrogens (primary N) is 1. The van der Waals surface area contributed by atoms with E-state index in [1.807, 2.05) is 24.3 Å². The lowest BCUT2D eigenvalue weighted by molar-refractivity contribution is -0.146. The Morgan fingerprint density at radius 1 is 0.631 bits per heavy atom. The lowest BCUT2D eigenvalue weighted by Gasteiger charge is -2.57. The van der Waals surface area contributed by atoms with Crippen LogP contribution in [0, 0.1) is 11.6 Å². The SMILES string of the molecule is COc1ccc(CN2C3(COC3)C(N)CCS2(=O)=O)cc1.COc1ccc(CN2C3(COC3)C(N3C(=O)c4cccc(F)c4C3=O)CCS2(=O)=O)cc1.O=C1OC(=O)c2c(F)cccc21. The smallest absolute Gasteiger partial charge is 0.349 e. The second kappa shape index (κ2) is 17.6. The Bertz CT molecular complexity index is 2770. The van der Waals surface area contributed by atoms with Gasteiger partial charge in [-0.3, -0.25) is 14.5 Å². The molecule has 65 heavy (non-hydrogen) atoms. The highest BCUT2D eigenvalue weighted by molar-refractivity contribution is 7.89. The highest BCUT2D eigenvalue weighted by Gasteiger charge is 2.62. The van der Waals surface area contributed by atoms with Crippen molar-refractivity contribution in [1.82, 2.24) is 13.5 Å². The number of amides is 2. The highest BCUT2D eigenvalue weighted by atomic mass is 32.2. The van der Waals surface area contributed by atoms with Gasteiger partial charge in [0.05, 0.1) is 80.4 Å². The average molecular weight is 939 g/mol. The van der Waals surface area contributed by atoms with Crippen LogP contribution in [0.4, 0.5) is 8.78 Å². The topological polar surface area (TPSA) is 218 Å². The van der Waals surface area contributed by atoms with E-state index in [0.717, 1.165) is 33.9 Å². The molecule has 6 heterocycles. The highest BCUT2D eigenvalue weighted by Crippen LogP contribution is 2.44. The Morgan fingerprint density at radius 2 is 1.11 bits per heavy atom. The van der Waals surface area contributed by atoms with Crippen LogP contribution in [0.5, 0.6) is 11.5 Å². The van der Waals surface area contributed by atoms with Gasteiger partial charge in [-0.1, -0.05) is 36.4 Å². The first-order valence-corrected chi connectivity index (χ1v) is 23.6. The Morgan fingerprint density at radius 3 is 1.57 bits per heavy atom. The average Bonchev–Trinajstić information content (AvgIpc) is 3.70. The molecule has 0 aromatic heterocycles. The predicted molar refractivity (Wildman–Crippen MR) is 226 cm³/mol. The molecule has 10 rings (SSSR count). The van der Waals surface area contributed by atoms with E-state index < -0.39 is 72.6 Å². The third-order valence-corrected chi connectivity index (χ3v) is 16.4. The van der Waals surface area contributed by atoms with E-state index in [4.69, 9.17) is 24.7 Å². The Labute approximate surface area is 373 Å². The molecule has 4 saturated heterocycles. The summed E-state index contributed by atoms with van der Waals surface area (Å²) in [6, 6.07) is 21.2. The van der Waals surface area contributed by atoms with Crippen molar-refractivity contribution >= 4 is 43.8 Å². The van der Waals surface area contributed by atoms with Crippen LogP contribution in [0.3, 0.4) is 0 Å². The van der Waals surface area contributed by atoms with Crippen molar-refractivity contribution in [1.29, 1.82) is 0 Å². The van der Waals surface area contributed by atoms with Gasteiger partial charge in [0.1, 0.15) is 34.2 Å². The van der Waals surface area contributed by atoms with Crippen molar-refractivity contribution in [2.75, 3.05) is 52.2 Å². The van der Waals surface area contributed by atoms with Crippen molar-refractivity contribution in [3.63, 3.8) is 0 Å². The predicted octanol–water partition coefficient (Wildman–Crippen LogP) is 3.27. The molecular weight excluding hydrogens is 895 g/mol. The molecule has 0 saturated carbocycles. The van der Waals surface area contributed by atoms with Gasteiger partial charge in [0.2, 0.25) is 20.0 Å². The summed E-state index contributed by atoms with van der Waals surface area (Å²) < 4.78 is 106. The second-order valence-corrected chi connectivity index (χ2v) is 20.2. The molecule has 344 valence electrons. The van der Waals surface area contributed by atoms with Crippen LogP contribution in [0.15, 0.2) is 84.9 Å². The Kier molecular flexibility index (Phi) is 12.4. The minimum Gasteiger partial charge on any atom is -0.497 e. The number of hydrogen-bond donors (Lipinski definition) is 1. The molecule has 4 aromatic carbocycles. The largest absolute Gasteiger partial charge is 0.497 e. The van der Waals surface area contributed by atoms with Gasteiger partial charge in [0.15, 0.2) is 0 Å². The number of methoxy groups -OCH3 is 2. The van der Waals surface area contributed by atoms with Gasteiger partial charge in [-0.15, -0.1) is 0 Å². The summed E-state index contributed by atoms with van der Waals surface area (Å²) in [6.45, 7) is 1.23. The summed E-state index contributed by atoms with van der Waals surface area (Å²) in [4.78, 5) is 48.9. The lowest BCUT2D eigenvalue weighted by Crippen LogP contribution is -2.76. The standard InChI is InChI=1S/C22H21FN2O6S.C14H20N2O4S.C8H3FO3/c1-30-15-7-5-14(6-8-15)11-24-22(12-31-13-22)18(9-10-32(24,28)29)25-20(26)16-3-2-4-17(23)19(16)21(25)27;1-19-12-4-2-11(3-5-12)8-16-14(9-20-10-14)13(15)6-7-21(16,17)18;9-5-3-1-2-4-6(5)8(11)12-7(4)10/h2-8,18H,9-13H2,1H3;2-5,13H,6-10,15H2,1H3;1-3H. The fraction of sp³-hybridized carbons (Fsp3) is 0.364. The van der Waals surface area contributed by atoms with Crippen LogP contribution < -0.4 is 15.2 Å². The van der Waals surface area contributed by atoms with E-state index in [1.54, 1.807) is 42.8 Å². The number of hydrogen-bond acceptors (Lipinski definition) is 14. The van der Waals surface area contributed by atoms with Crippen LogP contribution in [-0.4, -0.2) is 129 Å². The first-order chi connectivity index (χ1) is 31.0. The van der Waals surface area contributed by atoms with Crippen molar-refractivity contribution in [3.05, 3.63) is 130 Å². The molecule has 4 aromatic rings. The third kappa shape index (κ3) is 8.19. The molecule has 17 nitrogen and oxygen atoms in total. The summed E-state index contributed by atoms with van der Waals surface area (Å²) in [5.74, 6) is -3.25. The maximum atomic E-state index is 14.4. The number of rotatable bonds is 7. The molecule has 0 bridgehead atoms. The van der Waals surface area contributed by atoms with E-state index in [1.165, 1.54) is 28.6 Å². The minimum absolute atomic E-state index is 0.000000000000000444. The third-order valence-electron chi connectivity index (χ3n) is 12.5. The summed E-state index contributed by atoms with van der Waals surface area (Å²) >= 11 is 0. The van der Waals surface area contributed by atoms with Crippen LogP contribution in [0.1, 0.15) is 65.4 Å². The molecular formula is C44H44F2N4O13S2. The number of fused-ring (bicyclic) bond motifs is 2. The molecule has 2 N–H and O–H groups in total. The Hall–Kier alpha value is -5.68. The zero-order valence-corrected chi connectivity index (χ0v) is 36.7. The number of benzene rings is 4. The van der Waals surface area contributed by atoms with Gasteiger partial charge >= 0.3 is 11.9 Å². The van der Waals surface area contributed by atoms with Gasteiger partial charge in [-0.2, -0.15) is 8.61 Å². The van der Waals surface area contributed by atoms with E-state index in [-0.39, 0.29) is 66.0 Å². The van der Waals surface area contributed by atoms with Crippen LogP contribution in [0.25, 0.3) is 0 Å². The molecule has 21 heteroatoms. The number of sulfonamides is 2. The van der Waals surface area contributed by atoms with Crippen molar-refractivity contribution in [2.24, 2.45) is 5.73 Å². The van der Waals surface area contributed by atoms with Crippen LogP contribution in [0.2, 0.25) is 0 Å². The van der Waals surface area contributed by atoms with Crippen LogP contribution >= 0.6 is 0 Å². The zero-order chi connectivity index (χ0) is 46.5. The normalized spacial score (nSPS) is 23.2. The molecule has 2 amide bonds. The molecule has 2 unspecified atom stereocenters. The number of esters is 2. The summed E-state index contributed by atoms with van der Waals surface area (Å²) in [5.41, 5.74) is 5.64. The number of nitrogens with zero attached hydrogens (tertiary/aromatic N) is 3. The summed E-state index contributed by atoms with van der Waals surface area (Å²) in [7, 11) is -3.83. The van der Waals surface area contributed by atoms with Gasteiger partial charge in [0, 0.05) is 19.1 Å². The number of carbonyl (C=O) groups excluding carboxylic acids is 4. The second-order valence-electron chi connectivity index (χ2n) is 16.2. The molecule has 2 atom stereocenters. The number of carbonyl (C=O) groups is 4. The maximum Gasteiger partial charge on any atom is 0.349 e. The monoisotopic (exact) mass is 938 g/mol. The summed E-state index contributed by atoms with van der Waals surface area (Å²) in [5, 5.41) is 0. The number of cyclic esters (lactones) is 2. The fourth-order valence-electron chi connectivity index (χ4n) is 8.83. The quantitative estimate of drug-likeness (QED) is 0.160.